The van der Waals surface area contributed by atoms with Crippen LogP contribution in [0, 0.1) is 5.92 Å². The summed E-state index contributed by atoms with van der Waals surface area (Å²) in [6, 6.07) is 11.2. The van der Waals surface area contributed by atoms with Crippen LogP contribution >= 0.6 is 27.5 Å². The van der Waals surface area contributed by atoms with Gasteiger partial charge in [0.25, 0.3) is 11.8 Å². The molecule has 2 amide bonds. The highest BCUT2D eigenvalue weighted by atomic mass is 79.9. The third-order valence-electron chi connectivity index (χ3n) is 3.89. The second kappa shape index (κ2) is 10.2. The molecule has 8 heteroatoms. The molecule has 1 unspecified atom stereocenters. The van der Waals surface area contributed by atoms with Crippen LogP contribution in [0.4, 0.5) is 0 Å². The minimum atomic E-state index is -0.756. The van der Waals surface area contributed by atoms with Crippen LogP contribution in [-0.4, -0.2) is 31.2 Å². The van der Waals surface area contributed by atoms with Crippen molar-refractivity contribution in [3.05, 3.63) is 63.1 Å². The van der Waals surface area contributed by atoms with Crippen molar-refractivity contribution in [2.24, 2.45) is 11.0 Å². The smallest absolute Gasteiger partial charge is 0.262 e. The van der Waals surface area contributed by atoms with Crippen molar-refractivity contribution in [1.82, 2.24) is 10.7 Å². The highest BCUT2D eigenvalue weighted by Gasteiger charge is 2.24. The van der Waals surface area contributed by atoms with E-state index in [1.54, 1.807) is 37.4 Å². The Labute approximate surface area is 177 Å². The maximum atomic E-state index is 12.5. The zero-order chi connectivity index (χ0) is 20.7. The summed E-state index contributed by atoms with van der Waals surface area (Å²) < 4.78 is 6.12. The van der Waals surface area contributed by atoms with Crippen molar-refractivity contribution in [2.45, 2.75) is 19.9 Å². The molecule has 2 rings (SSSR count). The van der Waals surface area contributed by atoms with Gasteiger partial charge in [-0.15, -0.1) is 0 Å². The van der Waals surface area contributed by atoms with E-state index in [9.17, 15) is 9.59 Å². The molecule has 0 aliphatic carbocycles. The first-order valence-electron chi connectivity index (χ1n) is 8.54. The molecule has 2 aromatic rings. The lowest BCUT2D eigenvalue weighted by Gasteiger charge is -2.20. The summed E-state index contributed by atoms with van der Waals surface area (Å²) in [4.78, 5) is 24.9. The van der Waals surface area contributed by atoms with Crippen LogP contribution in [0.2, 0.25) is 5.02 Å². The summed E-state index contributed by atoms with van der Waals surface area (Å²) in [6.45, 7) is 3.67. The molecular formula is C20H21BrClN3O3. The summed E-state index contributed by atoms with van der Waals surface area (Å²) >= 11 is 9.30. The molecule has 28 heavy (non-hydrogen) atoms. The standard InChI is InChI=1S/C20H21BrClN3O3/c1-12(2)18(24-19(26)13-5-4-6-16(22)10-13)20(27)25-23-11-14-9-15(21)7-8-17(14)28-3/h4-12,18H,1-3H3,(H,24,26)(H,25,27)/b23-11-. The van der Waals surface area contributed by atoms with Crippen LogP contribution in [0.5, 0.6) is 5.75 Å². The Balaban J connectivity index is 2.07. The number of hydrogen-bond donors (Lipinski definition) is 2. The van der Waals surface area contributed by atoms with E-state index in [1.807, 2.05) is 26.0 Å². The number of carbonyl (C=O) groups is 2. The Morgan fingerprint density at radius 2 is 1.96 bits per heavy atom. The zero-order valence-corrected chi connectivity index (χ0v) is 18.0. The van der Waals surface area contributed by atoms with Gasteiger partial charge < -0.3 is 10.1 Å². The molecule has 0 saturated heterocycles. The highest BCUT2D eigenvalue weighted by molar-refractivity contribution is 9.10. The van der Waals surface area contributed by atoms with Gasteiger partial charge >= 0.3 is 0 Å². The number of hydrazone groups is 1. The van der Waals surface area contributed by atoms with E-state index < -0.39 is 11.9 Å². The van der Waals surface area contributed by atoms with Gasteiger partial charge in [0.1, 0.15) is 11.8 Å². The molecule has 0 spiro atoms. The largest absolute Gasteiger partial charge is 0.496 e. The van der Waals surface area contributed by atoms with Crippen molar-refractivity contribution >= 4 is 45.6 Å². The maximum Gasteiger partial charge on any atom is 0.262 e. The van der Waals surface area contributed by atoms with Gasteiger partial charge in [-0.25, -0.2) is 5.43 Å². The number of ether oxygens (including phenoxy) is 1. The van der Waals surface area contributed by atoms with E-state index in [2.05, 4.69) is 31.8 Å². The van der Waals surface area contributed by atoms with Crippen LogP contribution in [0.15, 0.2) is 52.0 Å². The zero-order valence-electron chi connectivity index (χ0n) is 15.7. The van der Waals surface area contributed by atoms with Gasteiger partial charge in [-0.3, -0.25) is 9.59 Å². The number of carbonyl (C=O) groups excluding carboxylic acids is 2. The number of halogens is 2. The van der Waals surface area contributed by atoms with Crippen LogP contribution < -0.4 is 15.5 Å². The van der Waals surface area contributed by atoms with E-state index >= 15 is 0 Å². The summed E-state index contributed by atoms with van der Waals surface area (Å²) in [5, 5.41) is 7.17. The summed E-state index contributed by atoms with van der Waals surface area (Å²) in [6.07, 6.45) is 1.48. The summed E-state index contributed by atoms with van der Waals surface area (Å²) in [5.41, 5.74) is 3.55. The van der Waals surface area contributed by atoms with E-state index in [-0.39, 0.29) is 11.8 Å². The second-order valence-electron chi connectivity index (χ2n) is 6.33. The predicted octanol–water partition coefficient (Wildman–Crippen LogP) is 4.02. The Morgan fingerprint density at radius 1 is 1.21 bits per heavy atom. The molecule has 0 radical (unpaired) electrons. The second-order valence-corrected chi connectivity index (χ2v) is 7.68. The van der Waals surface area contributed by atoms with Crippen LogP contribution in [0.3, 0.4) is 0 Å². The van der Waals surface area contributed by atoms with Crippen molar-refractivity contribution in [3.63, 3.8) is 0 Å². The average molecular weight is 467 g/mol. The van der Waals surface area contributed by atoms with Crippen LogP contribution in [0.25, 0.3) is 0 Å². The number of amides is 2. The van der Waals surface area contributed by atoms with E-state index in [1.165, 1.54) is 6.21 Å². The summed E-state index contributed by atoms with van der Waals surface area (Å²) in [5.74, 6) is -0.320. The molecule has 1 atom stereocenters. The topological polar surface area (TPSA) is 79.8 Å². The molecule has 2 N–H and O–H groups in total. The molecule has 2 aromatic carbocycles. The molecule has 0 heterocycles. The van der Waals surface area contributed by atoms with Gasteiger partial charge in [0.05, 0.1) is 13.3 Å². The van der Waals surface area contributed by atoms with Crippen molar-refractivity contribution in [3.8, 4) is 5.75 Å². The molecule has 0 aromatic heterocycles. The molecule has 6 nitrogen and oxygen atoms in total. The van der Waals surface area contributed by atoms with Gasteiger partial charge in [-0.1, -0.05) is 47.4 Å². The van der Waals surface area contributed by atoms with E-state index in [0.717, 1.165) is 4.47 Å². The predicted molar refractivity (Wildman–Crippen MR) is 114 cm³/mol. The Morgan fingerprint density at radius 3 is 2.61 bits per heavy atom. The fourth-order valence-electron chi connectivity index (χ4n) is 2.43. The Kier molecular flexibility index (Phi) is 8.02. The van der Waals surface area contributed by atoms with Crippen molar-refractivity contribution < 1.29 is 14.3 Å². The molecular weight excluding hydrogens is 446 g/mol. The van der Waals surface area contributed by atoms with Crippen molar-refractivity contribution in [1.29, 1.82) is 0 Å². The number of nitrogens with one attached hydrogen (secondary N) is 2. The molecule has 148 valence electrons. The van der Waals surface area contributed by atoms with E-state index in [4.69, 9.17) is 16.3 Å². The maximum absolute atomic E-state index is 12.5. The first kappa shape index (κ1) is 21.9. The lowest BCUT2D eigenvalue weighted by Crippen LogP contribution is -2.48. The number of nitrogens with zero attached hydrogens (tertiary/aromatic N) is 1. The fourth-order valence-corrected chi connectivity index (χ4v) is 3.00. The number of benzene rings is 2. The van der Waals surface area contributed by atoms with Gasteiger partial charge in [-0.2, -0.15) is 5.10 Å². The van der Waals surface area contributed by atoms with Gasteiger partial charge in [-0.05, 0) is 42.3 Å². The third kappa shape index (κ3) is 6.07. The summed E-state index contributed by atoms with van der Waals surface area (Å²) in [7, 11) is 1.55. The van der Waals surface area contributed by atoms with E-state index in [0.29, 0.717) is 21.9 Å². The Bertz CT molecular complexity index is 887. The monoisotopic (exact) mass is 465 g/mol. The third-order valence-corrected chi connectivity index (χ3v) is 4.62. The normalized spacial score (nSPS) is 12.1. The Hall–Kier alpha value is -2.38. The van der Waals surface area contributed by atoms with Crippen LogP contribution in [-0.2, 0) is 4.79 Å². The lowest BCUT2D eigenvalue weighted by molar-refractivity contribution is -0.123. The average Bonchev–Trinajstić information content (AvgIpc) is 2.65. The number of methoxy groups -OCH3 is 1. The molecule has 0 aliphatic rings. The first-order chi connectivity index (χ1) is 13.3. The molecule has 0 fully saturated rings. The fraction of sp³-hybridized carbons (Fsp3) is 0.250. The minimum absolute atomic E-state index is 0.140. The van der Waals surface area contributed by atoms with Gasteiger partial charge in [0.15, 0.2) is 0 Å². The van der Waals surface area contributed by atoms with Gasteiger partial charge in [0.2, 0.25) is 0 Å². The molecule has 0 aliphatic heterocycles. The quantitative estimate of drug-likeness (QED) is 0.478. The SMILES string of the molecule is COc1ccc(Br)cc1/C=N\NC(=O)C(NC(=O)c1cccc(Cl)c1)C(C)C. The molecule has 0 saturated carbocycles. The highest BCUT2D eigenvalue weighted by Crippen LogP contribution is 2.21. The minimum Gasteiger partial charge on any atom is -0.496 e. The first-order valence-corrected chi connectivity index (χ1v) is 9.71. The van der Waals surface area contributed by atoms with Crippen LogP contribution in [0.1, 0.15) is 29.8 Å². The van der Waals surface area contributed by atoms with Crippen molar-refractivity contribution in [2.75, 3.05) is 7.11 Å². The lowest BCUT2D eigenvalue weighted by atomic mass is 10.0. The number of hydrogen-bond acceptors (Lipinski definition) is 4. The van der Waals surface area contributed by atoms with Gasteiger partial charge in [0, 0.05) is 20.6 Å². The molecule has 0 bridgehead atoms. The number of rotatable bonds is 7.